The number of hydrogen-bond donors (Lipinski definition) is 2. The number of pyridine rings is 1. The molecule has 1 atom stereocenters. The second-order valence-corrected chi connectivity index (χ2v) is 7.94. The van der Waals surface area contributed by atoms with Gasteiger partial charge in [-0.1, -0.05) is 0 Å². The Bertz CT molecular complexity index is 1290. The zero-order chi connectivity index (χ0) is 22.8. The van der Waals surface area contributed by atoms with Crippen molar-refractivity contribution in [2.75, 3.05) is 18.5 Å². The van der Waals surface area contributed by atoms with Crippen LogP contribution in [0.5, 0.6) is 6.01 Å². The summed E-state index contributed by atoms with van der Waals surface area (Å²) in [5.74, 6) is 0.201. The van der Waals surface area contributed by atoms with E-state index < -0.39 is 0 Å². The van der Waals surface area contributed by atoms with E-state index >= 15 is 0 Å². The van der Waals surface area contributed by atoms with Crippen LogP contribution in [0.2, 0.25) is 0 Å². The van der Waals surface area contributed by atoms with Crippen molar-refractivity contribution < 1.29 is 14.3 Å². The summed E-state index contributed by atoms with van der Waals surface area (Å²) in [6, 6.07) is 5.88. The Morgan fingerprint density at radius 1 is 1.36 bits per heavy atom. The molecule has 0 radical (unpaired) electrons. The van der Waals surface area contributed by atoms with Gasteiger partial charge in [0.1, 0.15) is 5.82 Å². The van der Waals surface area contributed by atoms with Gasteiger partial charge in [-0.15, -0.1) is 0 Å². The molecule has 5 heterocycles. The van der Waals surface area contributed by atoms with Crippen molar-refractivity contribution >= 4 is 22.6 Å². The van der Waals surface area contributed by atoms with E-state index in [0.29, 0.717) is 41.9 Å². The van der Waals surface area contributed by atoms with E-state index in [4.69, 9.17) is 9.47 Å². The zero-order valence-corrected chi connectivity index (χ0v) is 18.5. The highest BCUT2D eigenvalue weighted by Gasteiger charge is 2.19. The number of aromatic nitrogens is 6. The first kappa shape index (κ1) is 21.1. The van der Waals surface area contributed by atoms with Crippen LogP contribution in [0.15, 0.2) is 36.8 Å². The second-order valence-electron chi connectivity index (χ2n) is 7.94. The summed E-state index contributed by atoms with van der Waals surface area (Å²) < 4.78 is 12.8. The van der Waals surface area contributed by atoms with E-state index in [2.05, 4.69) is 30.4 Å². The van der Waals surface area contributed by atoms with E-state index in [1.807, 2.05) is 19.9 Å². The number of hydrogen-bond acceptors (Lipinski definition) is 7. The molecule has 33 heavy (non-hydrogen) atoms. The van der Waals surface area contributed by atoms with Gasteiger partial charge in [-0.3, -0.25) is 9.48 Å². The molecule has 1 fully saturated rings. The van der Waals surface area contributed by atoms with E-state index in [1.54, 1.807) is 35.4 Å². The van der Waals surface area contributed by atoms with Gasteiger partial charge >= 0.3 is 6.01 Å². The maximum Gasteiger partial charge on any atom is 0.316 e. The highest BCUT2D eigenvalue weighted by atomic mass is 16.5. The van der Waals surface area contributed by atoms with Crippen molar-refractivity contribution in [2.24, 2.45) is 0 Å². The molecule has 1 saturated heterocycles. The zero-order valence-electron chi connectivity index (χ0n) is 18.5. The Kier molecular flexibility index (Phi) is 5.74. The number of H-pyrrole nitrogens is 1. The van der Waals surface area contributed by atoms with Gasteiger partial charge in [-0.2, -0.15) is 10.1 Å². The van der Waals surface area contributed by atoms with Crippen LogP contribution in [0, 0.1) is 6.92 Å². The maximum atomic E-state index is 12.9. The topological polar surface area (TPSA) is 120 Å². The summed E-state index contributed by atoms with van der Waals surface area (Å²) in [7, 11) is 0. The van der Waals surface area contributed by atoms with Gasteiger partial charge < -0.3 is 19.8 Å². The van der Waals surface area contributed by atoms with Crippen molar-refractivity contribution in [3.8, 4) is 17.4 Å². The average Bonchev–Trinajstić information content (AvgIpc) is 3.54. The van der Waals surface area contributed by atoms with Gasteiger partial charge in [0, 0.05) is 36.7 Å². The molecule has 1 aliphatic heterocycles. The maximum absolute atomic E-state index is 12.9. The summed E-state index contributed by atoms with van der Waals surface area (Å²) in [6.07, 6.45) is 7.38. The molecule has 0 spiro atoms. The molecule has 10 heteroatoms. The van der Waals surface area contributed by atoms with Crippen molar-refractivity contribution in [1.29, 1.82) is 0 Å². The minimum absolute atomic E-state index is 0.158. The molecule has 0 aliphatic carbocycles. The highest BCUT2D eigenvalue weighted by molar-refractivity contribution is 6.05. The third-order valence-corrected chi connectivity index (χ3v) is 5.53. The quantitative estimate of drug-likeness (QED) is 0.446. The van der Waals surface area contributed by atoms with E-state index in [1.165, 1.54) is 0 Å². The number of ether oxygens (including phenoxy) is 2. The molecule has 0 bridgehead atoms. The number of anilines is 1. The molecule has 1 amide bonds. The third-order valence-electron chi connectivity index (χ3n) is 5.53. The standard InChI is InChI=1S/C23H25N7O3/c1-3-32-23-24-7-6-18(27-23)20-9-15-11-25-21(10-19(15)26-20)28-22(31)17-13-30(29-14(17)2)12-16-5-4-8-33-16/h6-7,9-11,13,16,26H,3-5,8,12H2,1-2H3,(H,25,28,31). The Labute approximate surface area is 190 Å². The smallest absolute Gasteiger partial charge is 0.316 e. The summed E-state index contributed by atoms with van der Waals surface area (Å²) in [5.41, 5.74) is 3.54. The lowest BCUT2D eigenvalue weighted by Gasteiger charge is -2.08. The lowest BCUT2D eigenvalue weighted by atomic mass is 10.2. The monoisotopic (exact) mass is 447 g/mol. The van der Waals surface area contributed by atoms with Crippen LogP contribution in [0.25, 0.3) is 22.3 Å². The van der Waals surface area contributed by atoms with Gasteiger partial charge in [0.15, 0.2) is 0 Å². The third kappa shape index (κ3) is 4.56. The van der Waals surface area contributed by atoms with Crippen LogP contribution in [-0.2, 0) is 11.3 Å². The van der Waals surface area contributed by atoms with E-state index in [0.717, 1.165) is 36.0 Å². The number of aromatic amines is 1. The van der Waals surface area contributed by atoms with E-state index in [9.17, 15) is 4.79 Å². The number of amides is 1. The fourth-order valence-electron chi connectivity index (χ4n) is 3.94. The van der Waals surface area contributed by atoms with Gasteiger partial charge in [0.05, 0.1) is 47.4 Å². The molecular weight excluding hydrogens is 422 g/mol. The number of carbonyl (C=O) groups excluding carboxylic acids is 1. The fourth-order valence-corrected chi connectivity index (χ4v) is 3.94. The molecule has 170 valence electrons. The Morgan fingerprint density at radius 3 is 3.09 bits per heavy atom. The van der Waals surface area contributed by atoms with Crippen molar-refractivity contribution in [1.82, 2.24) is 29.7 Å². The minimum Gasteiger partial charge on any atom is -0.464 e. The number of carbonyl (C=O) groups is 1. The molecule has 4 aromatic rings. The molecule has 0 aromatic carbocycles. The lowest BCUT2D eigenvalue weighted by Crippen LogP contribution is -2.15. The molecule has 10 nitrogen and oxygen atoms in total. The molecular formula is C23H25N7O3. The molecule has 1 aliphatic rings. The number of rotatable bonds is 7. The largest absolute Gasteiger partial charge is 0.464 e. The number of nitrogens with zero attached hydrogens (tertiary/aromatic N) is 5. The Morgan fingerprint density at radius 2 is 2.27 bits per heavy atom. The fraction of sp³-hybridized carbons (Fsp3) is 0.348. The van der Waals surface area contributed by atoms with Crippen LogP contribution in [-0.4, -0.2) is 54.9 Å². The summed E-state index contributed by atoms with van der Waals surface area (Å²) in [6.45, 7) is 5.65. The van der Waals surface area contributed by atoms with Crippen molar-refractivity contribution in [3.05, 3.63) is 48.0 Å². The van der Waals surface area contributed by atoms with Gasteiger partial charge in [0.2, 0.25) is 0 Å². The molecule has 4 aromatic heterocycles. The molecule has 0 saturated carbocycles. The van der Waals surface area contributed by atoms with Crippen LogP contribution in [0.4, 0.5) is 5.82 Å². The first-order valence-corrected chi connectivity index (χ1v) is 11.0. The average molecular weight is 447 g/mol. The first-order valence-electron chi connectivity index (χ1n) is 11.0. The first-order chi connectivity index (χ1) is 16.1. The summed E-state index contributed by atoms with van der Waals surface area (Å²) >= 11 is 0. The summed E-state index contributed by atoms with van der Waals surface area (Å²) in [4.78, 5) is 29.1. The number of nitrogens with one attached hydrogen (secondary N) is 2. The van der Waals surface area contributed by atoms with Crippen LogP contribution < -0.4 is 10.1 Å². The second kappa shape index (κ2) is 8.99. The van der Waals surface area contributed by atoms with Gasteiger partial charge in [-0.25, -0.2) is 9.97 Å². The number of fused-ring (bicyclic) bond motifs is 1. The molecule has 2 N–H and O–H groups in total. The Balaban J connectivity index is 1.33. The van der Waals surface area contributed by atoms with Gasteiger partial charge in [0.25, 0.3) is 5.91 Å². The summed E-state index contributed by atoms with van der Waals surface area (Å²) in [5, 5.41) is 8.25. The molecule has 5 rings (SSSR count). The van der Waals surface area contributed by atoms with Crippen LogP contribution in [0.3, 0.4) is 0 Å². The van der Waals surface area contributed by atoms with E-state index in [-0.39, 0.29) is 12.0 Å². The van der Waals surface area contributed by atoms with Crippen molar-refractivity contribution in [3.63, 3.8) is 0 Å². The predicted molar refractivity (Wildman–Crippen MR) is 122 cm³/mol. The normalized spacial score (nSPS) is 15.8. The predicted octanol–water partition coefficient (Wildman–Crippen LogP) is 3.35. The Hall–Kier alpha value is -3.79. The number of aryl methyl sites for hydroxylation is 1. The SMILES string of the molecule is CCOc1nccc(-c2cc3cnc(NC(=O)c4cn(CC5CCCO5)nc4C)cc3[nH]2)n1. The van der Waals surface area contributed by atoms with Crippen LogP contribution in [0.1, 0.15) is 35.8 Å². The highest BCUT2D eigenvalue weighted by Crippen LogP contribution is 2.25. The minimum atomic E-state index is -0.248. The van der Waals surface area contributed by atoms with Crippen molar-refractivity contribution in [2.45, 2.75) is 39.3 Å². The van der Waals surface area contributed by atoms with Gasteiger partial charge in [-0.05, 0) is 38.8 Å². The lowest BCUT2D eigenvalue weighted by molar-refractivity contribution is 0.0937. The molecule has 1 unspecified atom stereocenters. The van der Waals surface area contributed by atoms with Crippen LogP contribution >= 0.6 is 0 Å².